The normalized spacial score (nSPS) is 9.96. The van der Waals surface area contributed by atoms with Crippen LogP contribution in [0.15, 0.2) is 42.5 Å². The molecule has 2 N–H and O–H groups in total. The van der Waals surface area contributed by atoms with Gasteiger partial charge >= 0.3 is 11.9 Å². The lowest BCUT2D eigenvalue weighted by molar-refractivity contribution is -0.115. The minimum absolute atomic E-state index is 0.0929. The van der Waals surface area contributed by atoms with E-state index in [0.717, 1.165) is 0 Å². The van der Waals surface area contributed by atoms with Gasteiger partial charge in [-0.1, -0.05) is 6.92 Å². The minimum Gasteiger partial charge on any atom is -0.465 e. The lowest BCUT2D eigenvalue weighted by Crippen LogP contribution is -2.16. The zero-order valence-corrected chi connectivity index (χ0v) is 15.7. The van der Waals surface area contributed by atoms with Gasteiger partial charge in [-0.05, 0) is 42.5 Å². The van der Waals surface area contributed by atoms with E-state index in [0.29, 0.717) is 17.7 Å². The van der Waals surface area contributed by atoms with Gasteiger partial charge in [0.2, 0.25) is 5.91 Å². The molecule has 2 amide bonds. The molecule has 0 unspecified atom stereocenters. The first-order chi connectivity index (χ1) is 13.4. The predicted molar refractivity (Wildman–Crippen MR) is 102 cm³/mol. The van der Waals surface area contributed by atoms with Crippen LogP contribution in [0.3, 0.4) is 0 Å². The Morgan fingerprint density at radius 3 is 2.00 bits per heavy atom. The number of rotatable bonds is 6. The van der Waals surface area contributed by atoms with E-state index >= 15 is 0 Å². The second kappa shape index (κ2) is 9.31. The Bertz CT molecular complexity index is 905. The van der Waals surface area contributed by atoms with Crippen molar-refractivity contribution in [3.05, 3.63) is 59.2 Å². The molecular formula is C20H20N2O6. The Hall–Kier alpha value is -3.68. The van der Waals surface area contributed by atoms with Crippen LogP contribution in [-0.2, 0) is 14.3 Å². The minimum atomic E-state index is -0.663. The van der Waals surface area contributed by atoms with Gasteiger partial charge in [-0.2, -0.15) is 0 Å². The smallest absolute Gasteiger partial charge is 0.339 e. The van der Waals surface area contributed by atoms with Crippen LogP contribution in [-0.4, -0.2) is 38.0 Å². The molecule has 0 saturated heterocycles. The summed E-state index contributed by atoms with van der Waals surface area (Å²) in [6, 6.07) is 10.4. The molecule has 0 radical (unpaired) electrons. The first-order valence-electron chi connectivity index (χ1n) is 8.41. The van der Waals surface area contributed by atoms with E-state index in [1.165, 1.54) is 44.6 Å². The number of benzene rings is 2. The first kappa shape index (κ1) is 20.6. The van der Waals surface area contributed by atoms with Crippen LogP contribution in [0.25, 0.3) is 0 Å². The van der Waals surface area contributed by atoms with Crippen LogP contribution in [0.1, 0.15) is 44.4 Å². The number of methoxy groups -OCH3 is 2. The fraction of sp³-hybridized carbons (Fsp3) is 0.200. The average molecular weight is 384 g/mol. The van der Waals surface area contributed by atoms with Gasteiger partial charge in [0.25, 0.3) is 5.91 Å². The van der Waals surface area contributed by atoms with E-state index in [1.807, 2.05) is 0 Å². The van der Waals surface area contributed by atoms with E-state index in [9.17, 15) is 19.2 Å². The molecule has 2 aromatic carbocycles. The molecular weight excluding hydrogens is 364 g/mol. The van der Waals surface area contributed by atoms with Gasteiger partial charge in [0.05, 0.1) is 31.0 Å². The number of nitrogens with one attached hydrogen (secondary N) is 2. The van der Waals surface area contributed by atoms with Crippen LogP contribution >= 0.6 is 0 Å². The topological polar surface area (TPSA) is 111 Å². The van der Waals surface area contributed by atoms with Crippen molar-refractivity contribution < 1.29 is 28.7 Å². The highest BCUT2D eigenvalue weighted by atomic mass is 16.5. The Kier molecular flexibility index (Phi) is 6.86. The molecule has 0 aliphatic carbocycles. The van der Waals surface area contributed by atoms with Crippen LogP contribution in [0.5, 0.6) is 0 Å². The number of ether oxygens (including phenoxy) is 2. The Morgan fingerprint density at radius 1 is 0.821 bits per heavy atom. The summed E-state index contributed by atoms with van der Waals surface area (Å²) in [5, 5.41) is 5.28. The molecule has 2 rings (SSSR count). The summed E-state index contributed by atoms with van der Waals surface area (Å²) < 4.78 is 9.37. The standard InChI is InChI=1S/C20H20N2O6/c1-4-17(23)21-14-8-5-12(6-9-14)18(24)22-16-11-13(19(25)27-2)7-10-15(16)20(26)28-3/h5-11H,4H2,1-3H3,(H,21,23)(H,22,24). The number of anilines is 2. The van der Waals surface area contributed by atoms with Gasteiger partial charge in [-0.25, -0.2) is 9.59 Å². The SMILES string of the molecule is CCC(=O)Nc1ccc(C(=O)Nc2cc(C(=O)OC)ccc2C(=O)OC)cc1. The highest BCUT2D eigenvalue weighted by molar-refractivity contribution is 6.09. The molecule has 2 aromatic rings. The van der Waals surface area contributed by atoms with Crippen molar-refractivity contribution in [3.8, 4) is 0 Å². The molecule has 0 aromatic heterocycles. The highest BCUT2D eigenvalue weighted by Gasteiger charge is 2.18. The van der Waals surface area contributed by atoms with Gasteiger partial charge in [0, 0.05) is 17.7 Å². The van der Waals surface area contributed by atoms with Gasteiger partial charge in [0.15, 0.2) is 0 Å². The largest absolute Gasteiger partial charge is 0.465 e. The summed E-state index contributed by atoms with van der Waals surface area (Å²) in [7, 11) is 2.44. The van der Waals surface area contributed by atoms with Crippen molar-refractivity contribution in [2.75, 3.05) is 24.9 Å². The lowest BCUT2D eigenvalue weighted by Gasteiger charge is -2.12. The second-order valence-electron chi connectivity index (χ2n) is 5.68. The molecule has 28 heavy (non-hydrogen) atoms. The van der Waals surface area contributed by atoms with Gasteiger partial charge in [-0.15, -0.1) is 0 Å². The summed E-state index contributed by atoms with van der Waals surface area (Å²) in [4.78, 5) is 47.6. The van der Waals surface area contributed by atoms with Crippen molar-refractivity contribution in [1.82, 2.24) is 0 Å². The van der Waals surface area contributed by atoms with Crippen molar-refractivity contribution in [2.24, 2.45) is 0 Å². The third kappa shape index (κ3) is 4.94. The van der Waals surface area contributed by atoms with Crippen molar-refractivity contribution >= 4 is 35.1 Å². The fourth-order valence-corrected chi connectivity index (χ4v) is 2.33. The van der Waals surface area contributed by atoms with Gasteiger partial charge in [0.1, 0.15) is 0 Å². The molecule has 8 nitrogen and oxygen atoms in total. The maximum atomic E-state index is 12.6. The third-order valence-corrected chi connectivity index (χ3v) is 3.85. The zero-order chi connectivity index (χ0) is 20.7. The molecule has 146 valence electrons. The van der Waals surface area contributed by atoms with Crippen LogP contribution in [0, 0.1) is 0 Å². The molecule has 0 bridgehead atoms. The lowest BCUT2D eigenvalue weighted by atomic mass is 10.1. The van der Waals surface area contributed by atoms with Crippen molar-refractivity contribution in [1.29, 1.82) is 0 Å². The summed E-state index contributed by atoms with van der Waals surface area (Å²) >= 11 is 0. The molecule has 0 spiro atoms. The first-order valence-corrected chi connectivity index (χ1v) is 8.41. The molecule has 8 heteroatoms. The third-order valence-electron chi connectivity index (χ3n) is 3.85. The average Bonchev–Trinajstić information content (AvgIpc) is 2.72. The van der Waals surface area contributed by atoms with Gasteiger partial charge in [-0.3, -0.25) is 9.59 Å². The number of carbonyl (C=O) groups excluding carboxylic acids is 4. The summed E-state index contributed by atoms with van der Waals surface area (Å²) in [6.45, 7) is 1.73. The summed E-state index contributed by atoms with van der Waals surface area (Å²) in [5.41, 5.74) is 1.24. The number of amides is 2. The fourth-order valence-electron chi connectivity index (χ4n) is 2.33. The van der Waals surface area contributed by atoms with E-state index in [-0.39, 0.29) is 22.7 Å². The summed E-state index contributed by atoms with van der Waals surface area (Å²) in [6.07, 6.45) is 0.342. The van der Waals surface area contributed by atoms with E-state index < -0.39 is 17.8 Å². The molecule has 0 saturated carbocycles. The molecule has 0 aliphatic rings. The molecule has 0 atom stereocenters. The number of esters is 2. The molecule has 0 fully saturated rings. The summed E-state index contributed by atoms with van der Waals surface area (Å²) in [5.74, 6) is -1.91. The second-order valence-corrected chi connectivity index (χ2v) is 5.68. The monoisotopic (exact) mass is 384 g/mol. The maximum absolute atomic E-state index is 12.6. The Balaban J connectivity index is 2.27. The van der Waals surface area contributed by atoms with Crippen LogP contribution in [0.2, 0.25) is 0 Å². The zero-order valence-electron chi connectivity index (χ0n) is 15.7. The quantitative estimate of drug-likeness (QED) is 0.741. The Morgan fingerprint density at radius 2 is 1.43 bits per heavy atom. The highest BCUT2D eigenvalue weighted by Crippen LogP contribution is 2.21. The maximum Gasteiger partial charge on any atom is 0.339 e. The van der Waals surface area contributed by atoms with E-state index in [4.69, 9.17) is 4.74 Å². The predicted octanol–water partition coefficient (Wildman–Crippen LogP) is 2.86. The van der Waals surface area contributed by atoms with Crippen LogP contribution < -0.4 is 10.6 Å². The van der Waals surface area contributed by atoms with Gasteiger partial charge < -0.3 is 20.1 Å². The van der Waals surface area contributed by atoms with Crippen LogP contribution in [0.4, 0.5) is 11.4 Å². The van der Waals surface area contributed by atoms with E-state index in [1.54, 1.807) is 19.1 Å². The Labute approximate surface area is 161 Å². The number of carbonyl (C=O) groups is 4. The number of hydrogen-bond donors (Lipinski definition) is 2. The van der Waals surface area contributed by atoms with E-state index in [2.05, 4.69) is 15.4 Å². The molecule has 0 aliphatic heterocycles. The van der Waals surface area contributed by atoms with Crippen molar-refractivity contribution in [2.45, 2.75) is 13.3 Å². The molecule has 0 heterocycles. The van der Waals surface area contributed by atoms with Crippen molar-refractivity contribution in [3.63, 3.8) is 0 Å². The number of hydrogen-bond acceptors (Lipinski definition) is 6.